The Morgan fingerprint density at radius 3 is 2.14 bits per heavy atom. The van der Waals surface area contributed by atoms with E-state index in [2.05, 4.69) is 6.58 Å². The molecule has 1 rings (SSSR count). The summed E-state index contributed by atoms with van der Waals surface area (Å²) in [6.07, 6.45) is 5.74. The molecule has 0 saturated heterocycles. The Labute approximate surface area is 129 Å². The van der Waals surface area contributed by atoms with Gasteiger partial charge in [-0.3, -0.25) is 4.79 Å². The molecule has 0 N–H and O–H groups in total. The molecule has 0 spiro atoms. The van der Waals surface area contributed by atoms with Crippen molar-refractivity contribution in [3.8, 4) is 0 Å². The second-order valence-electron chi connectivity index (χ2n) is 3.40. The largest absolute Gasteiger partial charge is 0.489 e. The number of carbonyl (C=O) groups is 1. The normalized spacial score (nSPS) is 10.3. The van der Waals surface area contributed by atoms with Crippen molar-refractivity contribution < 1.29 is 9.53 Å². The van der Waals surface area contributed by atoms with Gasteiger partial charge in [0.15, 0.2) is 6.29 Å². The molecule has 21 heavy (non-hydrogen) atoms. The van der Waals surface area contributed by atoms with Crippen LogP contribution in [0.4, 0.5) is 0 Å². The SMILES string of the molecule is C=C/C=C(C=O)\C(=C/C)OCc1ccccc1.CC.CC. The van der Waals surface area contributed by atoms with Gasteiger partial charge in [0.1, 0.15) is 12.4 Å². The van der Waals surface area contributed by atoms with Gasteiger partial charge in [-0.15, -0.1) is 0 Å². The first-order chi connectivity index (χ1) is 10.3. The zero-order valence-electron chi connectivity index (χ0n) is 13.9. The lowest BCUT2D eigenvalue weighted by atomic mass is 10.2. The lowest BCUT2D eigenvalue weighted by molar-refractivity contribution is -0.105. The van der Waals surface area contributed by atoms with Crippen LogP contribution in [0.25, 0.3) is 0 Å². The average Bonchev–Trinajstić information content (AvgIpc) is 2.59. The van der Waals surface area contributed by atoms with E-state index in [1.165, 1.54) is 0 Å². The molecule has 0 aliphatic rings. The monoisotopic (exact) mass is 288 g/mol. The molecule has 0 aromatic heterocycles. The van der Waals surface area contributed by atoms with Gasteiger partial charge in [-0.2, -0.15) is 0 Å². The third kappa shape index (κ3) is 9.44. The number of allylic oxidation sites excluding steroid dienone is 4. The Morgan fingerprint density at radius 1 is 1.14 bits per heavy atom. The molecule has 1 aromatic carbocycles. The smallest absolute Gasteiger partial charge is 0.153 e. The fourth-order valence-electron chi connectivity index (χ4n) is 1.38. The summed E-state index contributed by atoms with van der Waals surface area (Å²) in [6, 6.07) is 9.81. The van der Waals surface area contributed by atoms with E-state index in [4.69, 9.17) is 4.74 Å². The number of hydrogen-bond donors (Lipinski definition) is 0. The molecule has 0 atom stereocenters. The summed E-state index contributed by atoms with van der Waals surface area (Å²) in [5.74, 6) is 0.573. The van der Waals surface area contributed by atoms with E-state index in [1.807, 2.05) is 65.0 Å². The molecule has 1 aromatic rings. The van der Waals surface area contributed by atoms with Gasteiger partial charge in [0.25, 0.3) is 0 Å². The molecule has 2 heteroatoms. The second-order valence-corrected chi connectivity index (χ2v) is 3.40. The first kappa shape index (κ1) is 21.2. The van der Waals surface area contributed by atoms with E-state index >= 15 is 0 Å². The van der Waals surface area contributed by atoms with Crippen molar-refractivity contribution >= 4 is 6.29 Å². The van der Waals surface area contributed by atoms with Crippen LogP contribution in [-0.4, -0.2) is 6.29 Å². The third-order valence-corrected chi connectivity index (χ3v) is 2.21. The van der Waals surface area contributed by atoms with Crippen molar-refractivity contribution in [2.24, 2.45) is 0 Å². The van der Waals surface area contributed by atoms with E-state index in [0.717, 1.165) is 11.8 Å². The van der Waals surface area contributed by atoms with Gasteiger partial charge < -0.3 is 4.74 Å². The number of hydrogen-bond acceptors (Lipinski definition) is 2. The standard InChI is InChI=1S/C15H16O2.2C2H6/c1-3-8-14(11-16)15(4-2)17-12-13-9-6-5-7-10-13;2*1-2/h3-11H,1,12H2,2H3;2*1-2H3/b14-8-,15-4+;;. The molecular formula is C19H28O2. The van der Waals surface area contributed by atoms with Gasteiger partial charge in [-0.05, 0) is 24.6 Å². The van der Waals surface area contributed by atoms with E-state index in [9.17, 15) is 4.79 Å². The Kier molecular flexibility index (Phi) is 16.1. The second kappa shape index (κ2) is 16.0. The van der Waals surface area contributed by atoms with Crippen LogP contribution in [0, 0.1) is 0 Å². The average molecular weight is 288 g/mol. The van der Waals surface area contributed by atoms with Gasteiger partial charge >= 0.3 is 0 Å². The third-order valence-electron chi connectivity index (χ3n) is 2.21. The predicted molar refractivity (Wildman–Crippen MR) is 92.0 cm³/mol. The number of rotatable bonds is 6. The fraction of sp³-hybridized carbons (Fsp3) is 0.316. The van der Waals surface area contributed by atoms with Crippen LogP contribution in [0.5, 0.6) is 0 Å². The molecule has 0 bridgehead atoms. The van der Waals surface area contributed by atoms with Crippen molar-refractivity contribution in [1.29, 1.82) is 0 Å². The minimum Gasteiger partial charge on any atom is -0.489 e. The highest BCUT2D eigenvalue weighted by Crippen LogP contribution is 2.12. The molecule has 0 heterocycles. The summed E-state index contributed by atoms with van der Waals surface area (Å²) in [6.45, 7) is 13.8. The molecule has 0 aliphatic heterocycles. The summed E-state index contributed by atoms with van der Waals surface area (Å²) in [5.41, 5.74) is 1.56. The predicted octanol–water partition coefficient (Wildman–Crippen LogP) is 5.47. The molecule has 0 amide bonds. The first-order valence-corrected chi connectivity index (χ1v) is 7.43. The molecule has 0 radical (unpaired) electrons. The van der Waals surface area contributed by atoms with E-state index < -0.39 is 0 Å². The van der Waals surface area contributed by atoms with Gasteiger partial charge in [0.2, 0.25) is 0 Å². The van der Waals surface area contributed by atoms with Crippen molar-refractivity contribution in [2.75, 3.05) is 0 Å². The Bertz CT molecular complexity index is 428. The van der Waals surface area contributed by atoms with Crippen LogP contribution in [0.15, 0.2) is 66.5 Å². The summed E-state index contributed by atoms with van der Waals surface area (Å²) in [7, 11) is 0. The van der Waals surface area contributed by atoms with E-state index in [0.29, 0.717) is 17.9 Å². The molecule has 0 fully saturated rings. The lowest BCUT2D eigenvalue weighted by Gasteiger charge is -2.09. The highest BCUT2D eigenvalue weighted by Gasteiger charge is 2.03. The maximum Gasteiger partial charge on any atom is 0.153 e. The Morgan fingerprint density at radius 2 is 1.71 bits per heavy atom. The number of benzene rings is 1. The van der Waals surface area contributed by atoms with Gasteiger partial charge in [-0.1, -0.05) is 70.7 Å². The minimum absolute atomic E-state index is 0.447. The van der Waals surface area contributed by atoms with Gasteiger partial charge in [0.05, 0.1) is 5.57 Å². The molecule has 0 aliphatic carbocycles. The molecule has 0 unspecified atom stereocenters. The molecule has 0 saturated carbocycles. The van der Waals surface area contributed by atoms with Crippen LogP contribution >= 0.6 is 0 Å². The highest BCUT2D eigenvalue weighted by atomic mass is 16.5. The quantitative estimate of drug-likeness (QED) is 0.300. The maximum absolute atomic E-state index is 10.9. The van der Waals surface area contributed by atoms with Crippen LogP contribution in [0.1, 0.15) is 40.2 Å². The zero-order valence-corrected chi connectivity index (χ0v) is 13.9. The van der Waals surface area contributed by atoms with Crippen molar-refractivity contribution in [1.82, 2.24) is 0 Å². The molecular weight excluding hydrogens is 260 g/mol. The summed E-state index contributed by atoms with van der Waals surface area (Å²) in [5, 5.41) is 0. The minimum atomic E-state index is 0.447. The van der Waals surface area contributed by atoms with Crippen LogP contribution < -0.4 is 0 Å². The van der Waals surface area contributed by atoms with Crippen molar-refractivity contribution in [3.63, 3.8) is 0 Å². The van der Waals surface area contributed by atoms with E-state index in [1.54, 1.807) is 18.2 Å². The number of carbonyl (C=O) groups excluding carboxylic acids is 1. The van der Waals surface area contributed by atoms with E-state index in [-0.39, 0.29) is 0 Å². The first-order valence-electron chi connectivity index (χ1n) is 7.43. The van der Waals surface area contributed by atoms with Crippen LogP contribution in [0.3, 0.4) is 0 Å². The van der Waals surface area contributed by atoms with Crippen LogP contribution in [-0.2, 0) is 16.1 Å². The Hall–Kier alpha value is -2.09. The molecule has 2 nitrogen and oxygen atoms in total. The van der Waals surface area contributed by atoms with Crippen LogP contribution in [0.2, 0.25) is 0 Å². The van der Waals surface area contributed by atoms with Gasteiger partial charge in [-0.25, -0.2) is 0 Å². The zero-order chi connectivity index (χ0) is 16.5. The summed E-state index contributed by atoms with van der Waals surface area (Å²) >= 11 is 0. The fourth-order valence-corrected chi connectivity index (χ4v) is 1.38. The highest BCUT2D eigenvalue weighted by molar-refractivity contribution is 5.79. The van der Waals surface area contributed by atoms with Gasteiger partial charge in [0, 0.05) is 0 Å². The summed E-state index contributed by atoms with van der Waals surface area (Å²) < 4.78 is 5.60. The van der Waals surface area contributed by atoms with Crippen molar-refractivity contribution in [3.05, 3.63) is 72.0 Å². The maximum atomic E-state index is 10.9. The number of aldehydes is 1. The Balaban J connectivity index is 0. The topological polar surface area (TPSA) is 26.3 Å². The summed E-state index contributed by atoms with van der Waals surface area (Å²) in [4.78, 5) is 10.9. The molecule has 116 valence electrons. The van der Waals surface area contributed by atoms with Crippen molar-refractivity contribution in [2.45, 2.75) is 41.2 Å². The lowest BCUT2D eigenvalue weighted by Crippen LogP contribution is -1.98. The number of ether oxygens (including phenoxy) is 1.